The molecule has 0 radical (unpaired) electrons. The zero-order valence-corrected chi connectivity index (χ0v) is 12.3. The highest BCUT2D eigenvalue weighted by atomic mass is 35.6. The van der Waals surface area contributed by atoms with Crippen LogP contribution in [0.1, 0.15) is 12.0 Å². The second-order valence-electron chi connectivity index (χ2n) is 5.21. The van der Waals surface area contributed by atoms with E-state index in [0.717, 1.165) is 6.42 Å². The molecule has 0 aliphatic rings. The maximum Gasteiger partial charge on any atom is 0.150 e. The van der Waals surface area contributed by atoms with Crippen LogP contribution in [0.4, 0.5) is 0 Å². The number of aryl methyl sites for hydroxylation is 1. The summed E-state index contributed by atoms with van der Waals surface area (Å²) in [6.45, 7) is 4.44. The fourth-order valence-corrected chi connectivity index (χ4v) is 3.63. The molecule has 0 aromatic heterocycles. The molecule has 2 aromatic rings. The summed E-state index contributed by atoms with van der Waals surface area (Å²) in [5.74, 6) is 0. The van der Waals surface area contributed by atoms with Crippen LogP contribution in [-0.4, -0.2) is 7.38 Å². The van der Waals surface area contributed by atoms with Gasteiger partial charge in [0.2, 0.25) is 0 Å². The van der Waals surface area contributed by atoms with Crippen molar-refractivity contribution >= 4 is 29.2 Å². The summed E-state index contributed by atoms with van der Waals surface area (Å²) in [6.07, 6.45) is 2.35. The van der Waals surface area contributed by atoms with E-state index < -0.39 is 7.38 Å². The fraction of sp³-hybridized carbons (Fsp3) is 0.333. The van der Waals surface area contributed by atoms with Crippen LogP contribution in [0, 0.1) is 0 Å². The van der Waals surface area contributed by atoms with Crippen LogP contribution in [0.5, 0.6) is 0 Å². The molecule has 0 atom stereocenters. The highest BCUT2D eigenvalue weighted by Gasteiger charge is 2.15. The van der Waals surface area contributed by atoms with E-state index in [4.69, 9.17) is 11.1 Å². The van der Waals surface area contributed by atoms with Gasteiger partial charge in [0.25, 0.3) is 0 Å². The van der Waals surface area contributed by atoms with Crippen molar-refractivity contribution in [1.29, 1.82) is 0 Å². The summed E-state index contributed by atoms with van der Waals surface area (Å²) in [6, 6.07) is 16.4. The van der Waals surface area contributed by atoms with E-state index in [0.29, 0.717) is 0 Å². The van der Waals surface area contributed by atoms with E-state index in [9.17, 15) is 0 Å². The Bertz CT molecular complexity index is 494. The van der Waals surface area contributed by atoms with E-state index in [1.54, 1.807) is 0 Å². The molecule has 0 saturated heterocycles. The summed E-state index contributed by atoms with van der Waals surface area (Å²) in [5.41, 5.74) is 1.46. The normalized spacial score (nSPS) is 11.9. The summed E-state index contributed by atoms with van der Waals surface area (Å²) in [5, 5.41) is 2.73. The number of hydrogen-bond donors (Lipinski definition) is 0. The van der Waals surface area contributed by atoms with Crippen molar-refractivity contribution in [1.82, 2.24) is 0 Å². The highest BCUT2D eigenvalue weighted by molar-refractivity contribution is 7.19. The summed E-state index contributed by atoms with van der Waals surface area (Å²) >= 11 is 6.36. The quantitative estimate of drug-likeness (QED) is 0.524. The lowest BCUT2D eigenvalue weighted by atomic mass is 10.0. The maximum atomic E-state index is 6.36. The Morgan fingerprint density at radius 2 is 1.71 bits per heavy atom. The molecule has 2 rings (SSSR count). The SMILES string of the molecule is C[Si](C)(Cl)CCCc1cccc2ccccc12. The van der Waals surface area contributed by atoms with Crippen LogP contribution in [-0.2, 0) is 6.42 Å². The molecule has 90 valence electrons. The molecule has 0 spiro atoms. The summed E-state index contributed by atoms with van der Waals surface area (Å²) < 4.78 is 0. The Morgan fingerprint density at radius 1 is 1.00 bits per heavy atom. The number of halogens is 1. The molecule has 0 N–H and O–H groups in total. The third-order valence-electron chi connectivity index (χ3n) is 3.10. The third kappa shape index (κ3) is 3.58. The molecule has 0 aliphatic heterocycles. The summed E-state index contributed by atoms with van der Waals surface area (Å²) in [7, 11) is -1.41. The Hall–Kier alpha value is -0.793. The summed E-state index contributed by atoms with van der Waals surface area (Å²) in [4.78, 5) is 0. The van der Waals surface area contributed by atoms with Gasteiger partial charge >= 0.3 is 0 Å². The Kier molecular flexibility index (Phi) is 3.90. The standard InChI is InChI=1S/C15H19ClSi/c1-17(2,16)12-6-10-14-9-5-8-13-7-3-4-11-15(13)14/h3-5,7-9,11H,6,10,12H2,1-2H3. The Morgan fingerprint density at radius 3 is 2.47 bits per heavy atom. The zero-order chi connectivity index (χ0) is 12.3. The number of rotatable bonds is 4. The smallest absolute Gasteiger partial charge is 0.150 e. The molecule has 0 amide bonds. The minimum Gasteiger partial charge on any atom is -0.168 e. The van der Waals surface area contributed by atoms with Gasteiger partial charge in [0.15, 0.2) is 7.38 Å². The van der Waals surface area contributed by atoms with Crippen LogP contribution < -0.4 is 0 Å². The lowest BCUT2D eigenvalue weighted by Crippen LogP contribution is -2.15. The zero-order valence-electron chi connectivity index (χ0n) is 10.5. The second kappa shape index (κ2) is 5.24. The monoisotopic (exact) mass is 262 g/mol. The average Bonchev–Trinajstić information content (AvgIpc) is 2.28. The number of hydrogen-bond acceptors (Lipinski definition) is 0. The third-order valence-corrected chi connectivity index (χ3v) is 5.21. The van der Waals surface area contributed by atoms with Crippen LogP contribution in [0.3, 0.4) is 0 Å². The molecule has 17 heavy (non-hydrogen) atoms. The van der Waals surface area contributed by atoms with Gasteiger partial charge in [0.1, 0.15) is 0 Å². The predicted octanol–water partition coefficient (Wildman–Crippen LogP) is 5.22. The minimum absolute atomic E-state index is 1.14. The van der Waals surface area contributed by atoms with Crippen molar-refractivity contribution in [2.24, 2.45) is 0 Å². The van der Waals surface area contributed by atoms with Crippen molar-refractivity contribution in [2.75, 3.05) is 0 Å². The van der Waals surface area contributed by atoms with Crippen LogP contribution in [0.25, 0.3) is 10.8 Å². The molecule has 2 aromatic carbocycles. The van der Waals surface area contributed by atoms with Gasteiger partial charge in [-0.3, -0.25) is 0 Å². The van der Waals surface area contributed by atoms with E-state index >= 15 is 0 Å². The molecule has 0 saturated carbocycles. The van der Waals surface area contributed by atoms with Gasteiger partial charge in [-0.25, -0.2) is 0 Å². The molecule has 0 nitrogen and oxygen atoms in total. The van der Waals surface area contributed by atoms with Gasteiger partial charge in [0.05, 0.1) is 0 Å². The van der Waals surface area contributed by atoms with Gasteiger partial charge in [-0.05, 0) is 28.8 Å². The van der Waals surface area contributed by atoms with Gasteiger partial charge < -0.3 is 0 Å². The second-order valence-corrected chi connectivity index (χ2v) is 12.2. The van der Waals surface area contributed by atoms with E-state index in [1.807, 2.05) is 0 Å². The van der Waals surface area contributed by atoms with E-state index in [-0.39, 0.29) is 0 Å². The van der Waals surface area contributed by atoms with Crippen molar-refractivity contribution in [2.45, 2.75) is 32.0 Å². The molecule has 0 bridgehead atoms. The molecule has 0 aliphatic carbocycles. The topological polar surface area (TPSA) is 0 Å². The van der Waals surface area contributed by atoms with Crippen LogP contribution in [0.15, 0.2) is 42.5 Å². The molecular formula is C15H19ClSi. The van der Waals surface area contributed by atoms with Crippen LogP contribution in [0.2, 0.25) is 19.1 Å². The van der Waals surface area contributed by atoms with Crippen molar-refractivity contribution in [3.63, 3.8) is 0 Å². The lowest BCUT2D eigenvalue weighted by Gasteiger charge is -2.13. The largest absolute Gasteiger partial charge is 0.168 e. The van der Waals surface area contributed by atoms with Crippen molar-refractivity contribution in [3.8, 4) is 0 Å². The first-order chi connectivity index (χ1) is 8.06. The van der Waals surface area contributed by atoms with Crippen molar-refractivity contribution in [3.05, 3.63) is 48.0 Å². The Balaban J connectivity index is 2.13. The first-order valence-corrected chi connectivity index (χ1v) is 10.4. The number of benzene rings is 2. The molecule has 0 heterocycles. The highest BCUT2D eigenvalue weighted by Crippen LogP contribution is 2.23. The van der Waals surface area contributed by atoms with Gasteiger partial charge in [-0.2, -0.15) is 11.1 Å². The van der Waals surface area contributed by atoms with Crippen LogP contribution >= 0.6 is 11.1 Å². The molecule has 0 fully saturated rings. The van der Waals surface area contributed by atoms with E-state index in [2.05, 4.69) is 55.6 Å². The number of fused-ring (bicyclic) bond motifs is 1. The first kappa shape index (κ1) is 12.7. The van der Waals surface area contributed by atoms with Crippen molar-refractivity contribution < 1.29 is 0 Å². The maximum absolute atomic E-state index is 6.36. The fourth-order valence-electron chi connectivity index (χ4n) is 2.21. The Labute approximate surface area is 109 Å². The average molecular weight is 263 g/mol. The molecule has 2 heteroatoms. The van der Waals surface area contributed by atoms with Gasteiger partial charge in [-0.15, -0.1) is 0 Å². The predicted molar refractivity (Wildman–Crippen MR) is 80.4 cm³/mol. The molecular weight excluding hydrogens is 244 g/mol. The van der Waals surface area contributed by atoms with E-state index in [1.165, 1.54) is 28.8 Å². The van der Waals surface area contributed by atoms with Gasteiger partial charge in [-0.1, -0.05) is 62.0 Å². The molecule has 0 unspecified atom stereocenters. The first-order valence-electron chi connectivity index (χ1n) is 6.22. The van der Waals surface area contributed by atoms with Gasteiger partial charge in [0, 0.05) is 0 Å². The minimum atomic E-state index is -1.41. The lowest BCUT2D eigenvalue weighted by molar-refractivity contribution is 0.914.